The molecule has 0 amide bonds. The topological polar surface area (TPSA) is 76.9 Å². The number of fused-ring (bicyclic) bond motifs is 1. The number of pyridine rings is 1. The Morgan fingerprint density at radius 2 is 1.75 bits per heavy atom. The fourth-order valence-electron chi connectivity index (χ4n) is 3.74. The van der Waals surface area contributed by atoms with E-state index < -0.39 is 10.0 Å². The van der Waals surface area contributed by atoms with Gasteiger partial charge in [0.05, 0.1) is 4.90 Å². The molecule has 2 aromatic carbocycles. The first kappa shape index (κ1) is 22.2. The zero-order valence-corrected chi connectivity index (χ0v) is 19.3. The molecule has 2 aromatic heterocycles. The Balaban J connectivity index is 1.47. The van der Waals surface area contributed by atoms with Crippen LogP contribution in [0.1, 0.15) is 30.9 Å². The van der Waals surface area contributed by atoms with Crippen molar-refractivity contribution in [1.82, 2.24) is 19.3 Å². The minimum Gasteiger partial charge on any atom is -0.309 e. The molecular weight excluding hydrogens is 420 g/mol. The summed E-state index contributed by atoms with van der Waals surface area (Å²) < 4.78 is 30.1. The minimum absolute atomic E-state index is 0.299. The van der Waals surface area contributed by atoms with Crippen molar-refractivity contribution in [2.24, 2.45) is 0 Å². The standard InChI is InChI=1S/C25H28N4O2S/c1-3-6-20-10-14-22(15-11-20)32(30,31)27-17-5-18-29-24(21-12-8-19(2)9-13-21)28-23-7-4-16-26-25(23)29/h4,7-16,27H,3,5-6,17-18H2,1-2H3. The van der Waals surface area contributed by atoms with Crippen molar-refractivity contribution in [2.75, 3.05) is 6.54 Å². The Bertz CT molecular complexity index is 1290. The number of rotatable bonds is 9. The van der Waals surface area contributed by atoms with Crippen LogP contribution in [-0.2, 0) is 23.0 Å². The average molecular weight is 449 g/mol. The molecule has 0 bridgehead atoms. The Kier molecular flexibility index (Phi) is 6.67. The lowest BCUT2D eigenvalue weighted by atomic mass is 10.1. The maximum Gasteiger partial charge on any atom is 0.240 e. The van der Waals surface area contributed by atoms with E-state index in [0.717, 1.165) is 41.0 Å². The molecule has 0 saturated carbocycles. The fourth-order valence-corrected chi connectivity index (χ4v) is 4.82. The number of aromatic nitrogens is 3. The molecule has 166 valence electrons. The Morgan fingerprint density at radius 1 is 1.00 bits per heavy atom. The first-order chi connectivity index (χ1) is 15.5. The lowest BCUT2D eigenvalue weighted by Crippen LogP contribution is -2.25. The van der Waals surface area contributed by atoms with Gasteiger partial charge in [0.1, 0.15) is 11.3 Å². The molecule has 6 nitrogen and oxygen atoms in total. The van der Waals surface area contributed by atoms with Crippen LogP contribution in [0.25, 0.3) is 22.6 Å². The third-order valence-corrected chi connectivity index (χ3v) is 6.91. The minimum atomic E-state index is -3.53. The second-order valence-corrected chi connectivity index (χ2v) is 9.71. The molecule has 32 heavy (non-hydrogen) atoms. The van der Waals surface area contributed by atoms with Crippen molar-refractivity contribution in [3.63, 3.8) is 0 Å². The van der Waals surface area contributed by atoms with Gasteiger partial charge in [0, 0.05) is 24.8 Å². The van der Waals surface area contributed by atoms with E-state index in [-0.39, 0.29) is 0 Å². The van der Waals surface area contributed by atoms with Gasteiger partial charge < -0.3 is 4.57 Å². The molecule has 0 radical (unpaired) electrons. The highest BCUT2D eigenvalue weighted by Crippen LogP contribution is 2.24. The Labute approximate surface area is 189 Å². The zero-order chi connectivity index (χ0) is 22.6. The lowest BCUT2D eigenvalue weighted by molar-refractivity contribution is 0.572. The monoisotopic (exact) mass is 448 g/mol. The Morgan fingerprint density at radius 3 is 2.47 bits per heavy atom. The first-order valence-corrected chi connectivity index (χ1v) is 12.4. The summed E-state index contributed by atoms with van der Waals surface area (Å²) in [6.07, 6.45) is 4.36. The number of benzene rings is 2. The summed E-state index contributed by atoms with van der Waals surface area (Å²) in [5.41, 5.74) is 4.98. The number of imidazole rings is 1. The van der Waals surface area contributed by atoms with Gasteiger partial charge in [-0.2, -0.15) is 0 Å². The molecule has 0 saturated heterocycles. The summed E-state index contributed by atoms with van der Waals surface area (Å²) in [6.45, 7) is 5.10. The second kappa shape index (κ2) is 9.63. The second-order valence-electron chi connectivity index (χ2n) is 7.94. The predicted molar refractivity (Wildman–Crippen MR) is 128 cm³/mol. The molecule has 0 unspecified atom stereocenters. The summed E-state index contributed by atoms with van der Waals surface area (Å²) in [5, 5.41) is 0. The van der Waals surface area contributed by atoms with Gasteiger partial charge in [-0.1, -0.05) is 55.3 Å². The SMILES string of the molecule is CCCc1ccc(S(=O)(=O)NCCCn2c(-c3ccc(C)cc3)nc3cccnc32)cc1. The van der Waals surface area contributed by atoms with Crippen molar-refractivity contribution < 1.29 is 8.42 Å². The van der Waals surface area contributed by atoms with Gasteiger partial charge in [0.15, 0.2) is 5.65 Å². The van der Waals surface area contributed by atoms with E-state index in [4.69, 9.17) is 4.98 Å². The summed E-state index contributed by atoms with van der Waals surface area (Å²) in [6, 6.07) is 19.2. The van der Waals surface area contributed by atoms with E-state index in [0.29, 0.717) is 24.4 Å². The van der Waals surface area contributed by atoms with Crippen molar-refractivity contribution in [2.45, 2.75) is 44.6 Å². The zero-order valence-electron chi connectivity index (χ0n) is 18.5. The van der Waals surface area contributed by atoms with Crippen molar-refractivity contribution in [3.8, 4) is 11.4 Å². The normalized spacial score (nSPS) is 11.8. The molecule has 0 atom stereocenters. The predicted octanol–water partition coefficient (Wildman–Crippen LogP) is 4.73. The number of hydrogen-bond acceptors (Lipinski definition) is 4. The van der Waals surface area contributed by atoms with Crippen molar-refractivity contribution >= 4 is 21.2 Å². The molecule has 2 heterocycles. The fraction of sp³-hybridized carbons (Fsp3) is 0.280. The summed E-state index contributed by atoms with van der Waals surface area (Å²) in [7, 11) is -3.53. The summed E-state index contributed by atoms with van der Waals surface area (Å²) in [4.78, 5) is 9.58. The third-order valence-electron chi connectivity index (χ3n) is 5.44. The molecule has 0 aliphatic rings. The van der Waals surface area contributed by atoms with Gasteiger partial charge >= 0.3 is 0 Å². The number of nitrogens with one attached hydrogen (secondary N) is 1. The number of nitrogens with zero attached hydrogens (tertiary/aromatic N) is 3. The highest BCUT2D eigenvalue weighted by Gasteiger charge is 2.15. The summed E-state index contributed by atoms with van der Waals surface area (Å²) >= 11 is 0. The van der Waals surface area contributed by atoms with Gasteiger partial charge in [-0.15, -0.1) is 0 Å². The van der Waals surface area contributed by atoms with Crippen LogP contribution in [0.5, 0.6) is 0 Å². The van der Waals surface area contributed by atoms with E-state index in [2.05, 4.69) is 52.4 Å². The number of aryl methyl sites for hydroxylation is 3. The van der Waals surface area contributed by atoms with Gasteiger partial charge in [-0.25, -0.2) is 23.1 Å². The number of sulfonamides is 1. The number of hydrogen-bond donors (Lipinski definition) is 1. The molecule has 1 N–H and O–H groups in total. The largest absolute Gasteiger partial charge is 0.309 e. The van der Waals surface area contributed by atoms with Crippen LogP contribution in [0, 0.1) is 6.92 Å². The Hall–Kier alpha value is -3.03. The molecular formula is C25H28N4O2S. The van der Waals surface area contributed by atoms with Crippen molar-refractivity contribution in [3.05, 3.63) is 78.0 Å². The van der Waals surface area contributed by atoms with Crippen LogP contribution >= 0.6 is 0 Å². The van der Waals surface area contributed by atoms with Crippen LogP contribution in [-0.4, -0.2) is 29.5 Å². The van der Waals surface area contributed by atoms with Crippen LogP contribution in [0.2, 0.25) is 0 Å². The highest BCUT2D eigenvalue weighted by atomic mass is 32.2. The van der Waals surface area contributed by atoms with E-state index >= 15 is 0 Å². The summed E-state index contributed by atoms with van der Waals surface area (Å²) in [5.74, 6) is 0.841. The first-order valence-electron chi connectivity index (χ1n) is 10.9. The van der Waals surface area contributed by atoms with Crippen molar-refractivity contribution in [1.29, 1.82) is 0 Å². The van der Waals surface area contributed by atoms with E-state index in [1.54, 1.807) is 18.3 Å². The van der Waals surface area contributed by atoms with Gasteiger partial charge in [-0.05, 0) is 49.6 Å². The highest BCUT2D eigenvalue weighted by molar-refractivity contribution is 7.89. The molecule has 0 spiro atoms. The molecule has 4 aromatic rings. The molecule has 7 heteroatoms. The smallest absolute Gasteiger partial charge is 0.240 e. The van der Waals surface area contributed by atoms with Crippen LogP contribution < -0.4 is 4.72 Å². The molecule has 0 aliphatic heterocycles. The quantitative estimate of drug-likeness (QED) is 0.376. The van der Waals surface area contributed by atoms with Gasteiger partial charge in [0.2, 0.25) is 10.0 Å². The van der Waals surface area contributed by atoms with E-state index in [9.17, 15) is 8.42 Å². The van der Waals surface area contributed by atoms with E-state index in [1.165, 1.54) is 5.56 Å². The van der Waals surface area contributed by atoms with Gasteiger partial charge in [-0.3, -0.25) is 0 Å². The lowest BCUT2D eigenvalue weighted by Gasteiger charge is -2.11. The average Bonchev–Trinajstić information content (AvgIpc) is 3.16. The van der Waals surface area contributed by atoms with Gasteiger partial charge in [0.25, 0.3) is 0 Å². The van der Waals surface area contributed by atoms with Crippen LogP contribution in [0.4, 0.5) is 0 Å². The molecule has 4 rings (SSSR count). The molecule has 0 aliphatic carbocycles. The molecule has 0 fully saturated rings. The maximum atomic E-state index is 12.7. The van der Waals surface area contributed by atoms with Crippen LogP contribution in [0.3, 0.4) is 0 Å². The van der Waals surface area contributed by atoms with Crippen LogP contribution in [0.15, 0.2) is 71.8 Å². The maximum absolute atomic E-state index is 12.7. The third kappa shape index (κ3) is 4.89. The van der Waals surface area contributed by atoms with E-state index in [1.807, 2.05) is 24.3 Å².